The van der Waals surface area contributed by atoms with Crippen molar-refractivity contribution in [3.05, 3.63) is 29.3 Å². The maximum Gasteiger partial charge on any atom is 0.391 e. The van der Waals surface area contributed by atoms with Crippen LogP contribution in [0.15, 0.2) is 18.2 Å². The third kappa shape index (κ3) is 5.38. The number of alkyl halides is 3. The van der Waals surface area contributed by atoms with Crippen LogP contribution in [0.25, 0.3) is 0 Å². The lowest BCUT2D eigenvalue weighted by atomic mass is 10.0. The summed E-state index contributed by atoms with van der Waals surface area (Å²) in [5.74, 6) is 0.615. The number of rotatable bonds is 7. The molecule has 6 heteroatoms. The van der Waals surface area contributed by atoms with Crippen LogP contribution < -0.4 is 10.1 Å². The number of nitrogens with one attached hydrogen (secondary N) is 1. The van der Waals surface area contributed by atoms with E-state index >= 15 is 0 Å². The molecule has 1 N–H and O–H groups in total. The third-order valence-corrected chi connectivity index (χ3v) is 3.02. The van der Waals surface area contributed by atoms with Gasteiger partial charge in [-0.15, -0.1) is 0 Å². The molecular weight excluding hydrogens is 271 g/mol. The summed E-state index contributed by atoms with van der Waals surface area (Å²) in [5.41, 5.74) is 1.77. The lowest BCUT2D eigenvalue weighted by Crippen LogP contribution is -2.13. The van der Waals surface area contributed by atoms with Crippen LogP contribution in [0.5, 0.6) is 5.75 Å². The minimum absolute atomic E-state index is 0.101. The molecule has 1 atom stereocenters. The summed E-state index contributed by atoms with van der Waals surface area (Å²) in [4.78, 5) is 0. The minimum atomic E-state index is -4.19. The Balaban J connectivity index is 2.66. The molecule has 0 bridgehead atoms. The molecule has 1 rings (SSSR count). The molecule has 0 radical (unpaired) electrons. The van der Waals surface area contributed by atoms with Crippen LogP contribution in [0.2, 0.25) is 0 Å². The van der Waals surface area contributed by atoms with Gasteiger partial charge in [-0.3, -0.25) is 0 Å². The van der Waals surface area contributed by atoms with Gasteiger partial charge in [-0.05, 0) is 31.7 Å². The van der Waals surface area contributed by atoms with E-state index in [0.717, 1.165) is 11.1 Å². The number of hydrogen-bond acceptors (Lipinski definition) is 3. The average molecular weight is 291 g/mol. The molecule has 0 heterocycles. The summed E-state index contributed by atoms with van der Waals surface area (Å²) in [5, 5.41) is 3.10. The molecule has 1 unspecified atom stereocenters. The number of halogens is 3. The molecule has 0 aliphatic rings. The van der Waals surface area contributed by atoms with Crippen molar-refractivity contribution in [2.24, 2.45) is 0 Å². The second-order valence-corrected chi connectivity index (χ2v) is 4.50. The number of ether oxygens (including phenoxy) is 2. The molecule has 20 heavy (non-hydrogen) atoms. The van der Waals surface area contributed by atoms with E-state index in [-0.39, 0.29) is 19.3 Å². The van der Waals surface area contributed by atoms with E-state index in [0.29, 0.717) is 5.75 Å². The fourth-order valence-corrected chi connectivity index (χ4v) is 1.72. The van der Waals surface area contributed by atoms with Crippen molar-refractivity contribution >= 4 is 0 Å². The van der Waals surface area contributed by atoms with E-state index in [4.69, 9.17) is 9.47 Å². The molecular formula is C14H20F3NO2. The number of hydrogen-bond donors (Lipinski definition) is 1. The molecule has 1 aromatic carbocycles. The molecule has 0 amide bonds. The number of methoxy groups -OCH3 is 1. The van der Waals surface area contributed by atoms with Gasteiger partial charge in [0, 0.05) is 11.6 Å². The van der Waals surface area contributed by atoms with Gasteiger partial charge in [0.05, 0.1) is 26.7 Å². The largest absolute Gasteiger partial charge is 0.496 e. The lowest BCUT2D eigenvalue weighted by molar-refractivity contribution is -0.146. The minimum Gasteiger partial charge on any atom is -0.496 e. The summed E-state index contributed by atoms with van der Waals surface area (Å²) in [6.07, 6.45) is -5.13. The maximum absolute atomic E-state index is 12.0. The SMILES string of the molecule is CNC(C)c1ccc(OC)c(COCCC(F)(F)F)c1. The van der Waals surface area contributed by atoms with Crippen LogP contribution in [0.3, 0.4) is 0 Å². The maximum atomic E-state index is 12.0. The van der Waals surface area contributed by atoms with E-state index in [2.05, 4.69) is 5.32 Å². The first-order valence-electron chi connectivity index (χ1n) is 6.36. The van der Waals surface area contributed by atoms with Crippen molar-refractivity contribution in [1.82, 2.24) is 5.32 Å². The number of benzene rings is 1. The quantitative estimate of drug-likeness (QED) is 0.781. The molecule has 0 saturated carbocycles. The average Bonchev–Trinajstić information content (AvgIpc) is 2.41. The van der Waals surface area contributed by atoms with E-state index < -0.39 is 12.6 Å². The lowest BCUT2D eigenvalue weighted by Gasteiger charge is -2.15. The van der Waals surface area contributed by atoms with Crippen molar-refractivity contribution in [3.63, 3.8) is 0 Å². The van der Waals surface area contributed by atoms with Crippen molar-refractivity contribution in [1.29, 1.82) is 0 Å². The van der Waals surface area contributed by atoms with Crippen molar-refractivity contribution in [2.45, 2.75) is 32.2 Å². The Morgan fingerprint density at radius 1 is 1.30 bits per heavy atom. The Hall–Kier alpha value is -1.27. The summed E-state index contributed by atoms with van der Waals surface area (Å²) in [6, 6.07) is 5.74. The summed E-state index contributed by atoms with van der Waals surface area (Å²) < 4.78 is 46.4. The van der Waals surface area contributed by atoms with E-state index in [1.54, 1.807) is 6.07 Å². The Labute approximate surface area is 117 Å². The van der Waals surface area contributed by atoms with Gasteiger partial charge in [0.25, 0.3) is 0 Å². The van der Waals surface area contributed by atoms with E-state index in [1.165, 1.54) is 7.11 Å². The Bertz CT molecular complexity index is 421. The highest BCUT2D eigenvalue weighted by molar-refractivity contribution is 5.38. The van der Waals surface area contributed by atoms with Crippen LogP contribution in [-0.2, 0) is 11.3 Å². The predicted molar refractivity (Wildman–Crippen MR) is 70.8 cm³/mol. The van der Waals surface area contributed by atoms with Crippen LogP contribution in [0.1, 0.15) is 30.5 Å². The zero-order valence-electron chi connectivity index (χ0n) is 11.9. The van der Waals surface area contributed by atoms with Gasteiger partial charge in [-0.2, -0.15) is 13.2 Å². The first-order valence-corrected chi connectivity index (χ1v) is 6.36. The summed E-state index contributed by atoms with van der Waals surface area (Å²) >= 11 is 0. The first-order chi connectivity index (χ1) is 9.37. The Morgan fingerprint density at radius 3 is 2.55 bits per heavy atom. The van der Waals surface area contributed by atoms with Crippen LogP contribution in [0, 0.1) is 0 Å². The molecule has 0 fully saturated rings. The Kier molecular flexibility index (Phi) is 6.29. The summed E-state index contributed by atoms with van der Waals surface area (Å²) in [6.45, 7) is 1.75. The molecule has 1 aromatic rings. The van der Waals surface area contributed by atoms with Gasteiger partial charge in [0.1, 0.15) is 5.75 Å². The molecule has 0 saturated heterocycles. The second kappa shape index (κ2) is 7.50. The third-order valence-electron chi connectivity index (χ3n) is 3.02. The van der Waals surface area contributed by atoms with E-state index in [1.807, 2.05) is 26.1 Å². The molecule has 0 aliphatic carbocycles. The summed E-state index contributed by atoms with van der Waals surface area (Å²) in [7, 11) is 3.37. The molecule has 0 spiro atoms. The van der Waals surface area contributed by atoms with Gasteiger partial charge >= 0.3 is 6.18 Å². The van der Waals surface area contributed by atoms with Crippen molar-refractivity contribution in [2.75, 3.05) is 20.8 Å². The van der Waals surface area contributed by atoms with Gasteiger partial charge < -0.3 is 14.8 Å². The molecule has 0 aliphatic heterocycles. The van der Waals surface area contributed by atoms with Gasteiger partial charge in [-0.1, -0.05) is 6.07 Å². The normalized spacial score (nSPS) is 13.3. The molecule has 0 aromatic heterocycles. The van der Waals surface area contributed by atoms with Crippen LogP contribution in [0.4, 0.5) is 13.2 Å². The van der Waals surface area contributed by atoms with Crippen LogP contribution in [-0.4, -0.2) is 26.9 Å². The smallest absolute Gasteiger partial charge is 0.391 e. The topological polar surface area (TPSA) is 30.5 Å². The van der Waals surface area contributed by atoms with Crippen LogP contribution >= 0.6 is 0 Å². The second-order valence-electron chi connectivity index (χ2n) is 4.50. The van der Waals surface area contributed by atoms with Gasteiger partial charge in [-0.25, -0.2) is 0 Å². The standard InChI is InChI=1S/C14H20F3NO2/c1-10(18-2)11-4-5-13(19-3)12(8-11)9-20-7-6-14(15,16)17/h4-5,8,10,18H,6-7,9H2,1-3H3. The zero-order valence-corrected chi connectivity index (χ0v) is 11.9. The fraction of sp³-hybridized carbons (Fsp3) is 0.571. The Morgan fingerprint density at radius 2 is 2.00 bits per heavy atom. The van der Waals surface area contributed by atoms with Crippen molar-refractivity contribution in [3.8, 4) is 5.75 Å². The first kappa shape index (κ1) is 16.8. The van der Waals surface area contributed by atoms with Crippen molar-refractivity contribution < 1.29 is 22.6 Å². The monoisotopic (exact) mass is 291 g/mol. The zero-order chi connectivity index (χ0) is 15.2. The highest BCUT2D eigenvalue weighted by Gasteiger charge is 2.26. The fourth-order valence-electron chi connectivity index (χ4n) is 1.72. The molecule has 3 nitrogen and oxygen atoms in total. The van der Waals surface area contributed by atoms with Gasteiger partial charge in [0.15, 0.2) is 0 Å². The van der Waals surface area contributed by atoms with E-state index in [9.17, 15) is 13.2 Å². The molecule has 114 valence electrons. The highest BCUT2D eigenvalue weighted by Crippen LogP contribution is 2.25. The van der Waals surface area contributed by atoms with Gasteiger partial charge in [0.2, 0.25) is 0 Å². The predicted octanol–water partition coefficient (Wildman–Crippen LogP) is 3.44. The highest BCUT2D eigenvalue weighted by atomic mass is 19.4.